The van der Waals surface area contributed by atoms with Gasteiger partial charge in [-0.2, -0.15) is 0 Å². The summed E-state index contributed by atoms with van der Waals surface area (Å²) < 4.78 is 0. The van der Waals surface area contributed by atoms with E-state index in [0.29, 0.717) is 6.54 Å². The number of nitrogens with zero attached hydrogens (tertiary/aromatic N) is 1. The Morgan fingerprint density at radius 1 is 1.25 bits per heavy atom. The molecule has 2 rings (SSSR count). The standard InChI is InChI=1S/C15H20N2O3/c1-9(2)13-15(20)17(10(3)14(19)16-13)8-11-4-6-12(18)7-5-11/h4-7,9-10,13,18H,8H2,1-3H3,(H,16,19). The van der Waals surface area contributed by atoms with Gasteiger partial charge in [-0.1, -0.05) is 26.0 Å². The zero-order valence-corrected chi connectivity index (χ0v) is 12.0. The second-order valence-electron chi connectivity index (χ2n) is 5.54. The number of hydrogen-bond donors (Lipinski definition) is 2. The molecule has 0 spiro atoms. The molecular weight excluding hydrogens is 256 g/mol. The maximum Gasteiger partial charge on any atom is 0.246 e. The number of hydrogen-bond acceptors (Lipinski definition) is 3. The number of carbonyl (C=O) groups is 2. The van der Waals surface area contributed by atoms with E-state index in [2.05, 4.69) is 5.32 Å². The first kappa shape index (κ1) is 14.4. The summed E-state index contributed by atoms with van der Waals surface area (Å²) in [6, 6.07) is 5.73. The lowest BCUT2D eigenvalue weighted by atomic mass is 9.98. The first-order chi connectivity index (χ1) is 9.40. The van der Waals surface area contributed by atoms with Crippen molar-refractivity contribution >= 4 is 11.8 Å². The number of benzene rings is 1. The second kappa shape index (κ2) is 5.53. The molecule has 2 amide bonds. The molecule has 0 bridgehead atoms. The normalized spacial score (nSPS) is 23.1. The van der Waals surface area contributed by atoms with E-state index < -0.39 is 12.1 Å². The Morgan fingerprint density at radius 2 is 1.85 bits per heavy atom. The van der Waals surface area contributed by atoms with E-state index in [0.717, 1.165) is 5.56 Å². The number of aromatic hydroxyl groups is 1. The van der Waals surface area contributed by atoms with Crippen molar-refractivity contribution in [2.24, 2.45) is 5.92 Å². The maximum atomic E-state index is 12.5. The predicted molar refractivity (Wildman–Crippen MR) is 74.9 cm³/mol. The third-order valence-electron chi connectivity index (χ3n) is 3.65. The topological polar surface area (TPSA) is 69.6 Å². The van der Waals surface area contributed by atoms with Gasteiger partial charge in [-0.3, -0.25) is 9.59 Å². The molecule has 2 unspecified atom stereocenters. The van der Waals surface area contributed by atoms with Crippen LogP contribution >= 0.6 is 0 Å². The number of phenolic OH excluding ortho intramolecular Hbond substituents is 1. The van der Waals surface area contributed by atoms with Gasteiger partial charge in [0.25, 0.3) is 0 Å². The first-order valence-corrected chi connectivity index (χ1v) is 6.79. The highest BCUT2D eigenvalue weighted by atomic mass is 16.3. The van der Waals surface area contributed by atoms with E-state index in [1.54, 1.807) is 36.1 Å². The number of nitrogens with one attached hydrogen (secondary N) is 1. The lowest BCUT2D eigenvalue weighted by molar-refractivity contribution is -0.150. The molecule has 5 heteroatoms. The van der Waals surface area contributed by atoms with Gasteiger partial charge in [0.05, 0.1) is 0 Å². The van der Waals surface area contributed by atoms with Crippen molar-refractivity contribution < 1.29 is 14.7 Å². The molecule has 1 aromatic rings. The molecule has 1 aliphatic rings. The smallest absolute Gasteiger partial charge is 0.246 e. The van der Waals surface area contributed by atoms with E-state index in [9.17, 15) is 14.7 Å². The van der Waals surface area contributed by atoms with Crippen LogP contribution in [0.2, 0.25) is 0 Å². The van der Waals surface area contributed by atoms with Crippen LogP contribution < -0.4 is 5.32 Å². The molecule has 2 atom stereocenters. The van der Waals surface area contributed by atoms with Crippen molar-refractivity contribution in [1.29, 1.82) is 0 Å². The predicted octanol–water partition coefficient (Wildman–Crippen LogP) is 1.26. The van der Waals surface area contributed by atoms with Crippen LogP contribution in [0.4, 0.5) is 0 Å². The molecular formula is C15H20N2O3. The molecule has 20 heavy (non-hydrogen) atoms. The molecule has 0 aromatic heterocycles. The van der Waals surface area contributed by atoms with Gasteiger partial charge in [-0.05, 0) is 30.5 Å². The summed E-state index contributed by atoms with van der Waals surface area (Å²) in [5, 5.41) is 12.0. The van der Waals surface area contributed by atoms with Crippen molar-refractivity contribution in [2.75, 3.05) is 0 Å². The van der Waals surface area contributed by atoms with Crippen LogP contribution in [0.25, 0.3) is 0 Å². The largest absolute Gasteiger partial charge is 0.508 e. The zero-order valence-electron chi connectivity index (χ0n) is 12.0. The van der Waals surface area contributed by atoms with E-state index >= 15 is 0 Å². The molecule has 1 heterocycles. The molecule has 0 radical (unpaired) electrons. The van der Waals surface area contributed by atoms with Gasteiger partial charge in [0.2, 0.25) is 11.8 Å². The molecule has 1 aromatic carbocycles. The number of phenols is 1. The lowest BCUT2D eigenvalue weighted by Gasteiger charge is -2.38. The Kier molecular flexibility index (Phi) is 3.97. The SMILES string of the molecule is CC(C)C1NC(=O)C(C)N(Cc2ccc(O)cc2)C1=O. The minimum Gasteiger partial charge on any atom is -0.508 e. The van der Waals surface area contributed by atoms with Crippen LogP contribution in [0.15, 0.2) is 24.3 Å². The quantitative estimate of drug-likeness (QED) is 0.873. The summed E-state index contributed by atoms with van der Waals surface area (Å²) in [6.07, 6.45) is 0. The van der Waals surface area contributed by atoms with Gasteiger partial charge in [0.15, 0.2) is 0 Å². The van der Waals surface area contributed by atoms with Crippen molar-refractivity contribution in [3.63, 3.8) is 0 Å². The van der Waals surface area contributed by atoms with Gasteiger partial charge in [0, 0.05) is 6.54 Å². The first-order valence-electron chi connectivity index (χ1n) is 6.79. The highest BCUT2D eigenvalue weighted by Gasteiger charge is 2.39. The Bertz CT molecular complexity index is 510. The number of carbonyl (C=O) groups excluding carboxylic acids is 2. The summed E-state index contributed by atoms with van der Waals surface area (Å²) in [4.78, 5) is 26.0. The summed E-state index contributed by atoms with van der Waals surface area (Å²) >= 11 is 0. The monoisotopic (exact) mass is 276 g/mol. The molecule has 1 aliphatic heterocycles. The van der Waals surface area contributed by atoms with E-state index in [1.807, 2.05) is 13.8 Å². The lowest BCUT2D eigenvalue weighted by Crippen LogP contribution is -2.63. The van der Waals surface area contributed by atoms with Crippen molar-refractivity contribution in [3.05, 3.63) is 29.8 Å². The number of piperazine rings is 1. The average Bonchev–Trinajstić information content (AvgIpc) is 2.40. The van der Waals surface area contributed by atoms with Crippen LogP contribution in [0, 0.1) is 5.92 Å². The Balaban J connectivity index is 2.20. The van der Waals surface area contributed by atoms with Gasteiger partial charge >= 0.3 is 0 Å². The second-order valence-corrected chi connectivity index (χ2v) is 5.54. The highest BCUT2D eigenvalue weighted by molar-refractivity contribution is 5.96. The molecule has 0 saturated carbocycles. The minimum absolute atomic E-state index is 0.0554. The van der Waals surface area contributed by atoms with Crippen molar-refractivity contribution in [1.82, 2.24) is 10.2 Å². The van der Waals surface area contributed by atoms with Gasteiger partial charge < -0.3 is 15.3 Å². The van der Waals surface area contributed by atoms with Gasteiger partial charge in [0.1, 0.15) is 17.8 Å². The number of rotatable bonds is 3. The Labute approximate surface area is 118 Å². The maximum absolute atomic E-state index is 12.5. The summed E-state index contributed by atoms with van der Waals surface area (Å²) in [6.45, 7) is 5.93. The molecule has 2 N–H and O–H groups in total. The summed E-state index contributed by atoms with van der Waals surface area (Å²) in [5.41, 5.74) is 0.889. The van der Waals surface area contributed by atoms with Crippen LogP contribution in [-0.4, -0.2) is 33.9 Å². The van der Waals surface area contributed by atoms with E-state index in [-0.39, 0.29) is 23.5 Å². The molecule has 5 nitrogen and oxygen atoms in total. The Hall–Kier alpha value is -2.04. The van der Waals surface area contributed by atoms with Crippen LogP contribution in [0.3, 0.4) is 0 Å². The Morgan fingerprint density at radius 3 is 2.40 bits per heavy atom. The van der Waals surface area contributed by atoms with Crippen LogP contribution in [0.5, 0.6) is 5.75 Å². The minimum atomic E-state index is -0.480. The van der Waals surface area contributed by atoms with Crippen molar-refractivity contribution in [3.8, 4) is 5.75 Å². The molecule has 108 valence electrons. The van der Waals surface area contributed by atoms with Crippen molar-refractivity contribution in [2.45, 2.75) is 39.4 Å². The average molecular weight is 276 g/mol. The fourth-order valence-electron chi connectivity index (χ4n) is 2.31. The zero-order chi connectivity index (χ0) is 14.9. The van der Waals surface area contributed by atoms with Crippen LogP contribution in [-0.2, 0) is 16.1 Å². The fourth-order valence-corrected chi connectivity index (χ4v) is 2.31. The van der Waals surface area contributed by atoms with Crippen LogP contribution in [0.1, 0.15) is 26.3 Å². The van der Waals surface area contributed by atoms with Gasteiger partial charge in [-0.25, -0.2) is 0 Å². The molecule has 1 fully saturated rings. The summed E-state index contributed by atoms with van der Waals surface area (Å²) in [5.74, 6) is 0.0630. The van der Waals surface area contributed by atoms with E-state index in [1.165, 1.54) is 0 Å². The molecule has 1 saturated heterocycles. The third-order valence-corrected chi connectivity index (χ3v) is 3.65. The number of amides is 2. The van der Waals surface area contributed by atoms with Gasteiger partial charge in [-0.15, -0.1) is 0 Å². The fraction of sp³-hybridized carbons (Fsp3) is 0.467. The highest BCUT2D eigenvalue weighted by Crippen LogP contribution is 2.19. The molecule has 0 aliphatic carbocycles. The van der Waals surface area contributed by atoms with E-state index in [4.69, 9.17) is 0 Å². The summed E-state index contributed by atoms with van der Waals surface area (Å²) in [7, 11) is 0. The third kappa shape index (κ3) is 2.76.